The Hall–Kier alpha value is -0.620. The van der Waals surface area contributed by atoms with E-state index >= 15 is 0 Å². The Labute approximate surface area is 103 Å². The van der Waals surface area contributed by atoms with Crippen LogP contribution in [0.4, 0.5) is 0 Å². The van der Waals surface area contributed by atoms with Crippen LogP contribution in [0.3, 0.4) is 0 Å². The Morgan fingerprint density at radius 1 is 1.47 bits per heavy atom. The molecular formula is C11H22N2O3S. The molecule has 1 amide bonds. The second kappa shape index (κ2) is 4.94. The van der Waals surface area contributed by atoms with Crippen molar-refractivity contribution in [3.8, 4) is 0 Å². The molecule has 1 atom stereocenters. The van der Waals surface area contributed by atoms with Crippen molar-refractivity contribution < 1.29 is 13.2 Å². The van der Waals surface area contributed by atoms with Gasteiger partial charge < -0.3 is 10.6 Å². The zero-order valence-electron chi connectivity index (χ0n) is 10.8. The molecule has 0 bridgehead atoms. The first-order valence-corrected chi connectivity index (χ1v) is 7.64. The summed E-state index contributed by atoms with van der Waals surface area (Å²) in [6.07, 6.45) is 0.453. The third kappa shape index (κ3) is 3.96. The molecule has 2 N–H and O–H groups in total. The number of hydrogen-bond acceptors (Lipinski definition) is 4. The summed E-state index contributed by atoms with van der Waals surface area (Å²) < 4.78 is 22.6. The number of carbonyl (C=O) groups excluding carboxylic acids is 1. The second-order valence-corrected chi connectivity index (χ2v) is 7.89. The zero-order chi connectivity index (χ0) is 13.3. The summed E-state index contributed by atoms with van der Waals surface area (Å²) in [5.41, 5.74) is 5.48. The van der Waals surface area contributed by atoms with E-state index in [0.717, 1.165) is 0 Å². The van der Waals surface area contributed by atoms with E-state index in [1.54, 1.807) is 11.9 Å². The Bertz CT molecular complexity index is 390. The maximum absolute atomic E-state index is 12.0. The van der Waals surface area contributed by atoms with Crippen molar-refractivity contribution in [3.63, 3.8) is 0 Å². The minimum Gasteiger partial charge on any atom is -0.345 e. The second-order valence-electron chi connectivity index (χ2n) is 5.66. The van der Waals surface area contributed by atoms with Gasteiger partial charge in [-0.05, 0) is 18.4 Å². The number of hydrogen-bond donors (Lipinski definition) is 1. The predicted molar refractivity (Wildman–Crippen MR) is 67.2 cm³/mol. The van der Waals surface area contributed by atoms with Crippen molar-refractivity contribution >= 4 is 15.7 Å². The topological polar surface area (TPSA) is 80.5 Å². The van der Waals surface area contributed by atoms with Gasteiger partial charge >= 0.3 is 0 Å². The van der Waals surface area contributed by atoms with Gasteiger partial charge in [0, 0.05) is 13.6 Å². The number of carbonyl (C=O) groups is 1. The van der Waals surface area contributed by atoms with Crippen LogP contribution in [0.15, 0.2) is 0 Å². The van der Waals surface area contributed by atoms with Crippen LogP contribution in [0, 0.1) is 11.3 Å². The average molecular weight is 262 g/mol. The van der Waals surface area contributed by atoms with Gasteiger partial charge in [-0.3, -0.25) is 4.79 Å². The number of rotatable bonds is 4. The van der Waals surface area contributed by atoms with Crippen LogP contribution in [0.2, 0.25) is 0 Å². The largest absolute Gasteiger partial charge is 0.345 e. The van der Waals surface area contributed by atoms with Crippen molar-refractivity contribution in [1.82, 2.24) is 4.90 Å². The summed E-state index contributed by atoms with van der Waals surface area (Å²) >= 11 is 0. The molecular weight excluding hydrogens is 240 g/mol. The lowest BCUT2D eigenvalue weighted by molar-refractivity contribution is -0.134. The van der Waals surface area contributed by atoms with Crippen LogP contribution in [0.25, 0.3) is 0 Å². The molecule has 0 spiro atoms. The van der Waals surface area contributed by atoms with Crippen molar-refractivity contribution in [2.24, 2.45) is 17.1 Å². The zero-order valence-corrected chi connectivity index (χ0v) is 11.6. The monoisotopic (exact) mass is 262 g/mol. The highest BCUT2D eigenvalue weighted by molar-refractivity contribution is 7.91. The van der Waals surface area contributed by atoms with Gasteiger partial charge in [0.25, 0.3) is 0 Å². The van der Waals surface area contributed by atoms with Crippen molar-refractivity contribution in [2.45, 2.75) is 20.3 Å². The SMILES string of the molecule is CN(CC(C)(C)CN)C(=O)C1CCS(=O)(=O)C1. The molecule has 0 aromatic rings. The normalized spacial score (nSPS) is 23.6. The Morgan fingerprint density at radius 3 is 2.47 bits per heavy atom. The smallest absolute Gasteiger partial charge is 0.226 e. The first-order chi connectivity index (χ1) is 7.67. The molecule has 1 rings (SSSR count). The molecule has 5 nitrogen and oxygen atoms in total. The van der Waals surface area contributed by atoms with E-state index in [9.17, 15) is 13.2 Å². The fraction of sp³-hybridized carbons (Fsp3) is 0.909. The van der Waals surface area contributed by atoms with Gasteiger partial charge in [-0.2, -0.15) is 0 Å². The molecule has 1 unspecified atom stereocenters. The van der Waals surface area contributed by atoms with E-state index in [2.05, 4.69) is 0 Å². The van der Waals surface area contributed by atoms with E-state index in [1.165, 1.54) is 0 Å². The van der Waals surface area contributed by atoms with Crippen molar-refractivity contribution in [3.05, 3.63) is 0 Å². The van der Waals surface area contributed by atoms with Gasteiger partial charge in [0.15, 0.2) is 9.84 Å². The van der Waals surface area contributed by atoms with Gasteiger partial charge in [-0.25, -0.2) is 8.42 Å². The number of nitrogens with zero attached hydrogens (tertiary/aromatic N) is 1. The summed E-state index contributed by atoms with van der Waals surface area (Å²) in [5, 5.41) is 0. The van der Waals surface area contributed by atoms with Crippen LogP contribution in [0.1, 0.15) is 20.3 Å². The summed E-state index contributed by atoms with van der Waals surface area (Å²) in [6, 6.07) is 0. The highest BCUT2D eigenvalue weighted by Crippen LogP contribution is 2.22. The minimum atomic E-state index is -3.00. The van der Waals surface area contributed by atoms with E-state index < -0.39 is 9.84 Å². The van der Waals surface area contributed by atoms with Crippen LogP contribution >= 0.6 is 0 Å². The molecule has 17 heavy (non-hydrogen) atoms. The molecule has 1 saturated heterocycles. The quantitative estimate of drug-likeness (QED) is 0.765. The lowest BCUT2D eigenvalue weighted by atomic mass is 9.92. The molecule has 6 heteroatoms. The summed E-state index contributed by atoms with van der Waals surface area (Å²) in [5.74, 6) is -0.303. The number of sulfone groups is 1. The lowest BCUT2D eigenvalue weighted by Crippen LogP contribution is -2.42. The van der Waals surface area contributed by atoms with Crippen molar-refractivity contribution in [2.75, 3.05) is 31.6 Å². The number of nitrogens with two attached hydrogens (primary N) is 1. The molecule has 1 aliphatic rings. The van der Waals surface area contributed by atoms with Crippen LogP contribution in [0.5, 0.6) is 0 Å². The van der Waals surface area contributed by atoms with E-state index in [1.807, 2.05) is 13.8 Å². The fourth-order valence-corrected chi connectivity index (χ4v) is 3.82. The molecule has 0 aliphatic carbocycles. The predicted octanol–water partition coefficient (Wildman–Crippen LogP) is -0.136. The lowest BCUT2D eigenvalue weighted by Gasteiger charge is -2.30. The first kappa shape index (κ1) is 14.4. The number of amides is 1. The molecule has 0 aromatic carbocycles. The highest BCUT2D eigenvalue weighted by atomic mass is 32.2. The fourth-order valence-electron chi connectivity index (χ4n) is 2.09. The Balaban J connectivity index is 2.60. The standard InChI is InChI=1S/C11H22N2O3S/c1-11(2,7-12)8-13(3)10(14)9-4-5-17(15,16)6-9/h9H,4-8,12H2,1-3H3. The molecule has 1 fully saturated rings. The Morgan fingerprint density at radius 2 is 2.06 bits per heavy atom. The summed E-state index contributed by atoms with van der Waals surface area (Å²) in [7, 11) is -1.28. The van der Waals surface area contributed by atoms with Crippen LogP contribution in [-0.4, -0.2) is 50.9 Å². The van der Waals surface area contributed by atoms with Gasteiger partial charge in [0.1, 0.15) is 0 Å². The first-order valence-electron chi connectivity index (χ1n) is 5.82. The van der Waals surface area contributed by atoms with E-state index in [0.29, 0.717) is 19.5 Å². The maximum Gasteiger partial charge on any atom is 0.226 e. The van der Waals surface area contributed by atoms with Crippen molar-refractivity contribution in [1.29, 1.82) is 0 Å². The molecule has 0 aromatic heterocycles. The average Bonchev–Trinajstić information content (AvgIpc) is 2.57. The third-order valence-electron chi connectivity index (χ3n) is 3.18. The molecule has 1 heterocycles. The van der Waals surface area contributed by atoms with E-state index in [-0.39, 0.29) is 28.7 Å². The molecule has 100 valence electrons. The minimum absolute atomic E-state index is 0.000767. The van der Waals surface area contributed by atoms with E-state index in [4.69, 9.17) is 5.73 Å². The summed E-state index contributed by atoms with van der Waals surface area (Å²) in [4.78, 5) is 13.7. The van der Waals surface area contributed by atoms with Gasteiger partial charge in [-0.1, -0.05) is 13.8 Å². The van der Waals surface area contributed by atoms with Crippen LogP contribution < -0.4 is 5.73 Å². The molecule has 1 aliphatic heterocycles. The van der Waals surface area contributed by atoms with Crippen LogP contribution in [-0.2, 0) is 14.6 Å². The third-order valence-corrected chi connectivity index (χ3v) is 4.94. The molecule has 0 saturated carbocycles. The van der Waals surface area contributed by atoms with Gasteiger partial charge in [0.05, 0.1) is 17.4 Å². The summed E-state index contributed by atoms with van der Waals surface area (Å²) in [6.45, 7) is 5.02. The highest BCUT2D eigenvalue weighted by Gasteiger charge is 2.35. The van der Waals surface area contributed by atoms with Gasteiger partial charge in [-0.15, -0.1) is 0 Å². The maximum atomic E-state index is 12.0. The Kier molecular flexibility index (Phi) is 4.19. The molecule has 0 radical (unpaired) electrons. The van der Waals surface area contributed by atoms with Gasteiger partial charge in [0.2, 0.25) is 5.91 Å².